The molecule has 10 atom stereocenters. The summed E-state index contributed by atoms with van der Waals surface area (Å²) in [6.45, 7) is 15.8. The molecule has 0 aromatic heterocycles. The maximum absolute atomic E-state index is 7.96. The van der Waals surface area contributed by atoms with Crippen LogP contribution in [0, 0.1) is 0 Å². The number of benzene rings is 4. The average molecular weight is 853 g/mol. The summed E-state index contributed by atoms with van der Waals surface area (Å²) in [5.41, 5.74) is 3.16. The summed E-state index contributed by atoms with van der Waals surface area (Å²) in [6.07, 6.45) is -6.07. The molecule has 0 radical (unpaired) electrons. The van der Waals surface area contributed by atoms with Crippen LogP contribution in [0.2, 0.25) is 5.04 Å². The Morgan fingerprint density at radius 3 is 1.74 bits per heavy atom. The van der Waals surface area contributed by atoms with Gasteiger partial charge in [-0.25, -0.2) is 0 Å². The van der Waals surface area contributed by atoms with Gasteiger partial charge in [-0.2, -0.15) is 0 Å². The lowest BCUT2D eigenvalue weighted by Crippen LogP contribution is -2.72. The molecule has 5 heterocycles. The number of fused-ring (bicyclic) bond motifs is 5. The molecule has 0 saturated carbocycles. The minimum Gasteiger partial charge on any atom is -0.399 e. The molecule has 11 nitrogen and oxygen atoms in total. The third-order valence-electron chi connectivity index (χ3n) is 12.4. The van der Waals surface area contributed by atoms with Crippen LogP contribution in [0.5, 0.6) is 0 Å². The Balaban J connectivity index is 1.09. The Morgan fingerprint density at radius 2 is 1.11 bits per heavy atom. The van der Waals surface area contributed by atoms with Crippen LogP contribution in [0.3, 0.4) is 0 Å². The van der Waals surface area contributed by atoms with Gasteiger partial charge < -0.3 is 51.8 Å². The summed E-state index contributed by atoms with van der Waals surface area (Å²) in [5.74, 6) is -1.70. The van der Waals surface area contributed by atoms with Gasteiger partial charge in [0.25, 0.3) is 8.32 Å². The minimum absolute atomic E-state index is 0.0965. The van der Waals surface area contributed by atoms with Crippen molar-refractivity contribution in [1.82, 2.24) is 0 Å². The summed E-state index contributed by atoms with van der Waals surface area (Å²) < 4.78 is 74.5. The van der Waals surface area contributed by atoms with Gasteiger partial charge >= 0.3 is 0 Å². The minimum atomic E-state index is -3.17. The maximum Gasteiger partial charge on any atom is 0.261 e. The zero-order valence-corrected chi connectivity index (χ0v) is 37.3. The summed E-state index contributed by atoms with van der Waals surface area (Å²) in [7, 11) is -3.17. The molecule has 9 rings (SSSR count). The quantitative estimate of drug-likeness (QED) is 0.150. The van der Waals surface area contributed by atoms with Crippen molar-refractivity contribution in [3.63, 3.8) is 0 Å². The molecular weight excluding hydrogens is 793 g/mol. The predicted octanol–water partition coefficient (Wildman–Crippen LogP) is 6.77. The van der Waals surface area contributed by atoms with E-state index >= 15 is 0 Å². The first-order valence-electron chi connectivity index (χ1n) is 21.6. The molecule has 4 aromatic rings. The van der Waals surface area contributed by atoms with Gasteiger partial charge in [-0.05, 0) is 59.8 Å². The van der Waals surface area contributed by atoms with Crippen molar-refractivity contribution < 1.29 is 51.8 Å². The second-order valence-corrected chi connectivity index (χ2v) is 22.9. The standard InChI is InChI=1S/C49H60O11Si/c1-47(2,3)61(35-23-13-9-14-24-35,36-25-15-10-16-26-36)60-40-37(30-50-27-32-19-11-8-12-20-32)54-45(43-41(40)51-28-33-21-17-18-22-34(33)29-52-43)53-31-38-39-42(57-48(4,5)56-39)44-46(55-38)59-49(6,7)58-44/h8-26,37-46H,27-31H2,1-7H3/t37-,38-,39+,40-,41+,42+,43-,44-,45-,46-/m1/s1. The molecule has 4 saturated heterocycles. The first-order chi connectivity index (χ1) is 29.3. The van der Waals surface area contributed by atoms with Crippen molar-refractivity contribution in [3.05, 3.63) is 132 Å². The van der Waals surface area contributed by atoms with Gasteiger partial charge in [0, 0.05) is 0 Å². The Kier molecular flexibility index (Phi) is 12.2. The fraction of sp³-hybridized carbons (Fsp3) is 0.510. The molecule has 326 valence electrons. The lowest BCUT2D eigenvalue weighted by atomic mass is 9.97. The number of rotatable bonds is 11. The molecule has 0 spiro atoms. The number of hydrogen-bond donors (Lipinski definition) is 0. The molecule has 4 fully saturated rings. The van der Waals surface area contributed by atoms with E-state index in [2.05, 4.69) is 106 Å². The lowest BCUT2D eigenvalue weighted by Gasteiger charge is -2.52. The van der Waals surface area contributed by atoms with E-state index in [1.165, 1.54) is 0 Å². The van der Waals surface area contributed by atoms with Gasteiger partial charge in [0.2, 0.25) is 0 Å². The van der Waals surface area contributed by atoms with E-state index in [0.29, 0.717) is 19.8 Å². The molecule has 0 N–H and O–H groups in total. The van der Waals surface area contributed by atoms with Crippen LogP contribution in [-0.2, 0) is 71.6 Å². The first-order valence-corrected chi connectivity index (χ1v) is 23.6. The molecule has 61 heavy (non-hydrogen) atoms. The Labute approximate surface area is 360 Å². The summed E-state index contributed by atoms with van der Waals surface area (Å²) in [4.78, 5) is 0. The SMILES string of the molecule is CC1(C)O[C@H]2[C@@H](O1)[C@@H](CO[C@@H]1O[C@H](COCc3ccccc3)[C@@H](O[Si](c3ccccc3)(c3ccccc3)C(C)(C)C)[C@@H]3OCc4ccccc4CO[C@@H]13)O[C@@H]1OC(C)(C)O[C@@H]12. The van der Waals surface area contributed by atoms with Crippen LogP contribution in [0.1, 0.15) is 65.2 Å². The van der Waals surface area contributed by atoms with E-state index in [9.17, 15) is 0 Å². The molecule has 4 aromatic carbocycles. The van der Waals surface area contributed by atoms with Gasteiger partial charge in [-0.15, -0.1) is 0 Å². The fourth-order valence-corrected chi connectivity index (χ4v) is 14.4. The zero-order chi connectivity index (χ0) is 42.4. The van der Waals surface area contributed by atoms with E-state index in [4.69, 9.17) is 51.8 Å². The molecule has 5 aliphatic rings. The van der Waals surface area contributed by atoms with Gasteiger partial charge in [-0.1, -0.05) is 136 Å². The van der Waals surface area contributed by atoms with Gasteiger partial charge in [0.15, 0.2) is 24.2 Å². The largest absolute Gasteiger partial charge is 0.399 e. The van der Waals surface area contributed by atoms with Gasteiger partial charge in [-0.3, -0.25) is 0 Å². The highest BCUT2D eigenvalue weighted by Crippen LogP contribution is 2.45. The van der Waals surface area contributed by atoms with Gasteiger partial charge in [0.05, 0.1) is 33.0 Å². The van der Waals surface area contributed by atoms with Crippen molar-refractivity contribution in [1.29, 1.82) is 0 Å². The van der Waals surface area contributed by atoms with E-state index < -0.39 is 81.3 Å². The normalized spacial score (nSPS) is 31.9. The van der Waals surface area contributed by atoms with Crippen LogP contribution >= 0.6 is 0 Å². The van der Waals surface area contributed by atoms with E-state index in [1.807, 2.05) is 58.0 Å². The third kappa shape index (κ3) is 8.80. The summed E-state index contributed by atoms with van der Waals surface area (Å²) in [5, 5.41) is 1.97. The summed E-state index contributed by atoms with van der Waals surface area (Å²) >= 11 is 0. The topological polar surface area (TPSA) is 102 Å². The van der Waals surface area contributed by atoms with Crippen molar-refractivity contribution >= 4 is 18.7 Å². The van der Waals surface area contributed by atoms with Crippen LogP contribution in [0.15, 0.2) is 115 Å². The first kappa shape index (κ1) is 42.9. The van der Waals surface area contributed by atoms with Crippen molar-refractivity contribution in [3.8, 4) is 0 Å². The van der Waals surface area contributed by atoms with Crippen LogP contribution in [-0.4, -0.2) is 94.5 Å². The van der Waals surface area contributed by atoms with Crippen LogP contribution in [0.4, 0.5) is 0 Å². The van der Waals surface area contributed by atoms with E-state index in [1.54, 1.807) is 0 Å². The second-order valence-electron chi connectivity index (χ2n) is 18.7. The molecular formula is C49H60O11Si. The van der Waals surface area contributed by atoms with E-state index in [0.717, 1.165) is 27.1 Å². The van der Waals surface area contributed by atoms with E-state index in [-0.39, 0.29) is 18.3 Å². The highest BCUT2D eigenvalue weighted by molar-refractivity contribution is 6.99. The molecule has 12 heteroatoms. The van der Waals surface area contributed by atoms with Crippen molar-refractivity contribution in [2.45, 2.75) is 146 Å². The molecule has 0 unspecified atom stereocenters. The Hall–Kier alpha value is -3.34. The second kappa shape index (κ2) is 17.3. The predicted molar refractivity (Wildman–Crippen MR) is 229 cm³/mol. The fourth-order valence-electron chi connectivity index (χ4n) is 9.65. The zero-order valence-electron chi connectivity index (χ0n) is 36.3. The van der Waals surface area contributed by atoms with Crippen molar-refractivity contribution in [2.75, 3.05) is 13.2 Å². The lowest BCUT2D eigenvalue weighted by molar-refractivity contribution is -0.330. The van der Waals surface area contributed by atoms with Crippen molar-refractivity contribution in [2.24, 2.45) is 0 Å². The third-order valence-corrected chi connectivity index (χ3v) is 17.4. The highest BCUT2D eigenvalue weighted by Gasteiger charge is 2.62. The smallest absolute Gasteiger partial charge is 0.261 e. The molecule has 0 bridgehead atoms. The van der Waals surface area contributed by atoms with Crippen LogP contribution < -0.4 is 10.4 Å². The monoisotopic (exact) mass is 852 g/mol. The molecule has 0 aliphatic carbocycles. The molecule has 5 aliphatic heterocycles. The molecule has 0 amide bonds. The Morgan fingerprint density at radius 1 is 0.574 bits per heavy atom. The average Bonchev–Trinajstić information content (AvgIpc) is 3.74. The highest BCUT2D eigenvalue weighted by atomic mass is 28.4. The Bertz CT molecular complexity index is 2020. The number of hydrogen-bond acceptors (Lipinski definition) is 11. The maximum atomic E-state index is 7.96. The van der Waals surface area contributed by atoms with Gasteiger partial charge in [0.1, 0.15) is 48.8 Å². The van der Waals surface area contributed by atoms with Crippen LogP contribution in [0.25, 0.3) is 0 Å². The number of ether oxygens (including phenoxy) is 10. The summed E-state index contributed by atoms with van der Waals surface area (Å²) in [6, 6.07) is 39.6.